The van der Waals surface area contributed by atoms with Gasteiger partial charge in [-0.3, -0.25) is 4.79 Å². The molecule has 1 N–H and O–H groups in total. The average Bonchev–Trinajstić information content (AvgIpc) is 3.31. The quantitative estimate of drug-likeness (QED) is 0.708. The fraction of sp³-hybridized carbons (Fsp3) is 0.409. The van der Waals surface area contributed by atoms with Crippen LogP contribution in [-0.2, 0) is 0 Å². The highest BCUT2D eigenvalue weighted by Crippen LogP contribution is 2.29. The van der Waals surface area contributed by atoms with Crippen LogP contribution >= 0.6 is 0 Å². The smallest absolute Gasteiger partial charge is 0.258 e. The first-order valence-corrected chi connectivity index (χ1v) is 9.76. The summed E-state index contributed by atoms with van der Waals surface area (Å²) in [5.41, 5.74) is 2.57. The number of amides is 1. The molecule has 0 aliphatic carbocycles. The van der Waals surface area contributed by atoms with Crippen LogP contribution in [0.4, 0.5) is 5.69 Å². The second-order valence-corrected chi connectivity index (χ2v) is 7.89. The largest absolute Gasteiger partial charge is 0.472 e. The SMILES string of the molecule is CC(C)CN1CCC(n2ccc3cc(NC(=O)c4ccoc4)ccc32)CC1. The maximum absolute atomic E-state index is 12.2. The first-order chi connectivity index (χ1) is 13.1. The lowest BCUT2D eigenvalue weighted by atomic mass is 10.0. The van der Waals surface area contributed by atoms with Gasteiger partial charge < -0.3 is 19.2 Å². The summed E-state index contributed by atoms with van der Waals surface area (Å²) >= 11 is 0. The molecule has 0 radical (unpaired) electrons. The van der Waals surface area contributed by atoms with Crippen molar-refractivity contribution in [3.8, 4) is 0 Å². The molecule has 5 heteroatoms. The van der Waals surface area contributed by atoms with Crippen LogP contribution in [0.3, 0.4) is 0 Å². The first-order valence-electron chi connectivity index (χ1n) is 9.76. The van der Waals surface area contributed by atoms with Crippen LogP contribution in [0.1, 0.15) is 43.1 Å². The number of aromatic nitrogens is 1. The van der Waals surface area contributed by atoms with Crippen molar-refractivity contribution in [2.45, 2.75) is 32.7 Å². The van der Waals surface area contributed by atoms with E-state index in [-0.39, 0.29) is 5.91 Å². The Kier molecular flexibility index (Phi) is 5.03. The third kappa shape index (κ3) is 3.93. The summed E-state index contributed by atoms with van der Waals surface area (Å²) in [4.78, 5) is 14.8. The zero-order valence-corrected chi connectivity index (χ0v) is 16.0. The second kappa shape index (κ2) is 7.61. The van der Waals surface area contributed by atoms with Crippen molar-refractivity contribution in [3.05, 3.63) is 54.6 Å². The molecule has 1 aromatic carbocycles. The number of piperidine rings is 1. The van der Waals surface area contributed by atoms with Crippen LogP contribution in [0.2, 0.25) is 0 Å². The summed E-state index contributed by atoms with van der Waals surface area (Å²) in [6.45, 7) is 8.10. The Morgan fingerprint density at radius 3 is 2.74 bits per heavy atom. The van der Waals surface area contributed by atoms with Crippen molar-refractivity contribution < 1.29 is 9.21 Å². The summed E-state index contributed by atoms with van der Waals surface area (Å²) in [6.07, 6.45) is 7.53. The molecule has 2 aromatic heterocycles. The molecule has 1 aliphatic heterocycles. The van der Waals surface area contributed by atoms with E-state index < -0.39 is 0 Å². The molecule has 27 heavy (non-hydrogen) atoms. The van der Waals surface area contributed by atoms with E-state index in [0.29, 0.717) is 11.6 Å². The number of nitrogens with zero attached hydrogens (tertiary/aromatic N) is 2. The van der Waals surface area contributed by atoms with Gasteiger partial charge in [0, 0.05) is 48.5 Å². The molecule has 1 aliphatic rings. The van der Waals surface area contributed by atoms with Gasteiger partial charge in [0.25, 0.3) is 5.91 Å². The van der Waals surface area contributed by atoms with E-state index >= 15 is 0 Å². The first kappa shape index (κ1) is 17.9. The molecule has 0 atom stereocenters. The highest BCUT2D eigenvalue weighted by molar-refractivity contribution is 6.04. The van der Waals surface area contributed by atoms with Crippen LogP contribution in [-0.4, -0.2) is 35.0 Å². The zero-order valence-electron chi connectivity index (χ0n) is 16.0. The highest BCUT2D eigenvalue weighted by atomic mass is 16.3. The number of anilines is 1. The van der Waals surface area contributed by atoms with Crippen LogP contribution in [0.15, 0.2) is 53.5 Å². The third-order valence-electron chi connectivity index (χ3n) is 5.34. The van der Waals surface area contributed by atoms with Gasteiger partial charge in [0.15, 0.2) is 0 Å². The molecule has 0 bridgehead atoms. The molecule has 1 fully saturated rings. The van der Waals surface area contributed by atoms with Gasteiger partial charge in [0.05, 0.1) is 11.8 Å². The van der Waals surface area contributed by atoms with Gasteiger partial charge in [-0.25, -0.2) is 0 Å². The number of nitrogens with one attached hydrogen (secondary N) is 1. The maximum atomic E-state index is 12.2. The molecule has 0 saturated carbocycles. The summed E-state index contributed by atoms with van der Waals surface area (Å²) in [5, 5.41) is 4.09. The molecule has 1 amide bonds. The standard InChI is InChI=1S/C22H27N3O2/c1-16(2)14-24-9-6-20(7-10-24)25-11-5-17-13-19(3-4-21(17)25)23-22(26)18-8-12-27-15-18/h3-5,8,11-13,15-16,20H,6-7,9-10,14H2,1-2H3,(H,23,26). The summed E-state index contributed by atoms with van der Waals surface area (Å²) in [7, 11) is 0. The number of carbonyl (C=O) groups excluding carboxylic acids is 1. The van der Waals surface area contributed by atoms with E-state index in [0.717, 1.165) is 17.0 Å². The van der Waals surface area contributed by atoms with Crippen LogP contribution in [0, 0.1) is 5.92 Å². The van der Waals surface area contributed by atoms with Crippen molar-refractivity contribution >= 4 is 22.5 Å². The monoisotopic (exact) mass is 365 g/mol. The van der Waals surface area contributed by atoms with Crippen LogP contribution in [0.25, 0.3) is 10.9 Å². The van der Waals surface area contributed by atoms with Crippen molar-refractivity contribution in [3.63, 3.8) is 0 Å². The number of hydrogen-bond donors (Lipinski definition) is 1. The van der Waals surface area contributed by atoms with Crippen LogP contribution in [0.5, 0.6) is 0 Å². The number of furan rings is 1. The Hall–Kier alpha value is -2.53. The minimum Gasteiger partial charge on any atom is -0.472 e. The van der Waals surface area contributed by atoms with Gasteiger partial charge >= 0.3 is 0 Å². The van der Waals surface area contributed by atoms with Crippen LogP contribution < -0.4 is 5.32 Å². The minimum absolute atomic E-state index is 0.153. The molecule has 142 valence electrons. The lowest BCUT2D eigenvalue weighted by Gasteiger charge is -2.34. The predicted molar refractivity (Wildman–Crippen MR) is 108 cm³/mol. The molecule has 3 aromatic rings. The van der Waals surface area contributed by atoms with Gasteiger partial charge in [0.2, 0.25) is 0 Å². The summed E-state index contributed by atoms with van der Waals surface area (Å²) < 4.78 is 7.38. The Morgan fingerprint density at radius 1 is 1.22 bits per heavy atom. The molecule has 3 heterocycles. The number of carbonyl (C=O) groups is 1. The average molecular weight is 365 g/mol. The van der Waals surface area contributed by atoms with E-state index in [1.807, 2.05) is 12.1 Å². The van der Waals surface area contributed by atoms with Gasteiger partial charge in [-0.05, 0) is 49.1 Å². The molecule has 0 unspecified atom stereocenters. The summed E-state index contributed by atoms with van der Waals surface area (Å²) in [6, 6.07) is 10.5. The van der Waals surface area contributed by atoms with E-state index in [1.165, 1.54) is 50.5 Å². The third-order valence-corrected chi connectivity index (χ3v) is 5.34. The summed E-state index contributed by atoms with van der Waals surface area (Å²) in [5.74, 6) is 0.574. The molecule has 1 saturated heterocycles. The van der Waals surface area contributed by atoms with Gasteiger partial charge in [-0.1, -0.05) is 13.8 Å². The number of benzene rings is 1. The minimum atomic E-state index is -0.153. The topological polar surface area (TPSA) is 50.4 Å². The predicted octanol–water partition coefficient (Wildman–Crippen LogP) is 4.78. The van der Waals surface area contributed by atoms with E-state index in [9.17, 15) is 4.79 Å². The lowest BCUT2D eigenvalue weighted by molar-refractivity contribution is 0.102. The maximum Gasteiger partial charge on any atom is 0.258 e. The van der Waals surface area contributed by atoms with Crippen molar-refractivity contribution in [2.24, 2.45) is 5.92 Å². The molecule has 0 spiro atoms. The van der Waals surface area contributed by atoms with Gasteiger partial charge in [-0.2, -0.15) is 0 Å². The van der Waals surface area contributed by atoms with Crippen molar-refractivity contribution in [2.75, 3.05) is 25.0 Å². The fourth-order valence-corrected chi connectivity index (χ4v) is 4.05. The second-order valence-electron chi connectivity index (χ2n) is 7.89. The zero-order chi connectivity index (χ0) is 18.8. The van der Waals surface area contributed by atoms with Gasteiger partial charge in [-0.15, -0.1) is 0 Å². The van der Waals surface area contributed by atoms with Crippen molar-refractivity contribution in [1.82, 2.24) is 9.47 Å². The molecule has 5 nitrogen and oxygen atoms in total. The Labute approximate surface area is 159 Å². The molecule has 4 rings (SSSR count). The lowest BCUT2D eigenvalue weighted by Crippen LogP contribution is -2.36. The molecular formula is C22H27N3O2. The Balaban J connectivity index is 1.46. The van der Waals surface area contributed by atoms with E-state index in [2.05, 4.69) is 47.0 Å². The Bertz CT molecular complexity index is 903. The van der Waals surface area contributed by atoms with E-state index in [4.69, 9.17) is 4.42 Å². The molecular weight excluding hydrogens is 338 g/mol. The highest BCUT2D eigenvalue weighted by Gasteiger charge is 2.21. The number of fused-ring (bicyclic) bond motifs is 1. The Morgan fingerprint density at radius 2 is 2.04 bits per heavy atom. The normalized spacial score (nSPS) is 16.3. The fourth-order valence-electron chi connectivity index (χ4n) is 4.05. The van der Waals surface area contributed by atoms with Gasteiger partial charge in [0.1, 0.15) is 6.26 Å². The number of rotatable bonds is 5. The number of likely N-dealkylation sites (tertiary alicyclic amines) is 1. The van der Waals surface area contributed by atoms with E-state index in [1.54, 1.807) is 6.07 Å². The number of hydrogen-bond acceptors (Lipinski definition) is 3. The van der Waals surface area contributed by atoms with Crippen molar-refractivity contribution in [1.29, 1.82) is 0 Å².